The van der Waals surface area contributed by atoms with E-state index in [1.807, 2.05) is 32.2 Å². The molecule has 148 valence electrons. The fraction of sp³-hybridized carbons (Fsp3) is 0.478. The Bertz CT molecular complexity index is 735. The molecule has 0 spiro atoms. The van der Waals surface area contributed by atoms with Crippen LogP contribution in [0.4, 0.5) is 0 Å². The van der Waals surface area contributed by atoms with E-state index in [4.69, 9.17) is 14.2 Å². The van der Waals surface area contributed by atoms with Gasteiger partial charge in [0.15, 0.2) is 11.5 Å². The quantitative estimate of drug-likeness (QED) is 0.639. The molecule has 0 amide bonds. The molecule has 2 aromatic carbocycles. The van der Waals surface area contributed by atoms with Crippen molar-refractivity contribution in [2.45, 2.75) is 46.6 Å². The van der Waals surface area contributed by atoms with Crippen LogP contribution in [0.1, 0.15) is 44.4 Å². The van der Waals surface area contributed by atoms with Crippen LogP contribution in [-0.4, -0.2) is 26.9 Å². The number of nitrogens with one attached hydrogen (secondary N) is 1. The summed E-state index contributed by atoms with van der Waals surface area (Å²) in [5, 5.41) is 3.15. The Balaban J connectivity index is 2.00. The fourth-order valence-corrected chi connectivity index (χ4v) is 2.93. The molecule has 0 aliphatic rings. The summed E-state index contributed by atoms with van der Waals surface area (Å²) < 4.78 is 17.7. The Hall–Kier alpha value is -2.20. The zero-order valence-electron chi connectivity index (χ0n) is 17.5. The van der Waals surface area contributed by atoms with Crippen molar-refractivity contribution in [3.05, 3.63) is 53.1 Å². The van der Waals surface area contributed by atoms with Crippen molar-refractivity contribution in [1.29, 1.82) is 0 Å². The van der Waals surface area contributed by atoms with Gasteiger partial charge in [-0.25, -0.2) is 0 Å². The van der Waals surface area contributed by atoms with Gasteiger partial charge in [0.05, 0.1) is 6.61 Å². The first kappa shape index (κ1) is 21.1. The molecule has 27 heavy (non-hydrogen) atoms. The first-order chi connectivity index (χ1) is 12.8. The van der Waals surface area contributed by atoms with E-state index in [1.165, 1.54) is 16.7 Å². The number of benzene rings is 2. The Morgan fingerprint density at radius 2 is 1.56 bits per heavy atom. The summed E-state index contributed by atoms with van der Waals surface area (Å²) in [7, 11) is 1.93. The molecule has 0 fully saturated rings. The minimum Gasteiger partial charge on any atom is -0.490 e. The van der Waals surface area contributed by atoms with E-state index in [-0.39, 0.29) is 5.41 Å². The highest BCUT2D eigenvalue weighted by Gasteiger charge is 2.19. The predicted molar refractivity (Wildman–Crippen MR) is 111 cm³/mol. The maximum atomic E-state index is 6.05. The third-order valence-electron chi connectivity index (χ3n) is 4.23. The van der Waals surface area contributed by atoms with Crippen LogP contribution in [0.5, 0.6) is 17.2 Å². The van der Waals surface area contributed by atoms with Crippen molar-refractivity contribution >= 4 is 0 Å². The van der Waals surface area contributed by atoms with E-state index in [0.717, 1.165) is 23.8 Å². The van der Waals surface area contributed by atoms with E-state index < -0.39 is 0 Å². The average molecular weight is 372 g/mol. The van der Waals surface area contributed by atoms with Crippen molar-refractivity contribution in [2.75, 3.05) is 26.9 Å². The van der Waals surface area contributed by atoms with Crippen LogP contribution in [0.15, 0.2) is 36.4 Å². The lowest BCUT2D eigenvalue weighted by Gasteiger charge is -2.23. The van der Waals surface area contributed by atoms with Gasteiger partial charge in [-0.05, 0) is 61.2 Å². The lowest BCUT2D eigenvalue weighted by atomic mass is 9.86. The van der Waals surface area contributed by atoms with Gasteiger partial charge >= 0.3 is 0 Å². The number of rotatable bonds is 9. The lowest BCUT2D eigenvalue weighted by molar-refractivity contribution is 0.206. The summed E-state index contributed by atoms with van der Waals surface area (Å²) in [6.45, 7) is 13.0. The van der Waals surface area contributed by atoms with Gasteiger partial charge in [-0.15, -0.1) is 0 Å². The normalized spacial score (nSPS) is 11.3. The molecule has 0 bridgehead atoms. The maximum absolute atomic E-state index is 6.05. The van der Waals surface area contributed by atoms with Crippen LogP contribution >= 0.6 is 0 Å². The highest BCUT2D eigenvalue weighted by molar-refractivity contribution is 5.43. The predicted octanol–water partition coefficient (Wildman–Crippen LogP) is 4.87. The van der Waals surface area contributed by atoms with E-state index in [1.54, 1.807) is 0 Å². The summed E-state index contributed by atoms with van der Waals surface area (Å²) >= 11 is 0. The highest BCUT2D eigenvalue weighted by atomic mass is 16.5. The van der Waals surface area contributed by atoms with Crippen molar-refractivity contribution in [2.24, 2.45) is 0 Å². The Morgan fingerprint density at radius 3 is 2.19 bits per heavy atom. The SMILES string of the molecule is CCOc1cc(CNC)ccc1OCCOc1cc(C)ccc1C(C)(C)C. The number of ether oxygens (including phenoxy) is 3. The Kier molecular flexibility index (Phi) is 7.55. The molecule has 0 atom stereocenters. The molecule has 2 rings (SSSR count). The molecule has 1 N–H and O–H groups in total. The van der Waals surface area contributed by atoms with Gasteiger partial charge in [0.25, 0.3) is 0 Å². The molecule has 0 heterocycles. The summed E-state index contributed by atoms with van der Waals surface area (Å²) in [6, 6.07) is 12.4. The van der Waals surface area contributed by atoms with Crippen LogP contribution in [0, 0.1) is 6.92 Å². The summed E-state index contributed by atoms with van der Waals surface area (Å²) in [6.07, 6.45) is 0. The largest absolute Gasteiger partial charge is 0.490 e. The van der Waals surface area contributed by atoms with Gasteiger partial charge in [0.2, 0.25) is 0 Å². The monoisotopic (exact) mass is 371 g/mol. The molecule has 0 aliphatic heterocycles. The molecular weight excluding hydrogens is 338 g/mol. The Labute approximate surface area is 163 Å². The summed E-state index contributed by atoms with van der Waals surface area (Å²) in [5.41, 5.74) is 3.60. The van der Waals surface area contributed by atoms with Gasteiger partial charge in [0, 0.05) is 6.54 Å². The average Bonchev–Trinajstić information content (AvgIpc) is 2.60. The highest BCUT2D eigenvalue weighted by Crippen LogP contribution is 2.32. The minimum atomic E-state index is 0.0369. The first-order valence-electron chi connectivity index (χ1n) is 9.62. The molecule has 0 saturated heterocycles. The molecule has 2 aromatic rings. The smallest absolute Gasteiger partial charge is 0.161 e. The van der Waals surface area contributed by atoms with Crippen molar-refractivity contribution in [3.8, 4) is 17.2 Å². The molecule has 4 heteroatoms. The molecule has 0 unspecified atom stereocenters. The second-order valence-electron chi connectivity index (χ2n) is 7.69. The van der Waals surface area contributed by atoms with E-state index >= 15 is 0 Å². The van der Waals surface area contributed by atoms with Crippen LogP contribution in [0.25, 0.3) is 0 Å². The second-order valence-corrected chi connectivity index (χ2v) is 7.69. The van der Waals surface area contributed by atoms with Crippen molar-refractivity contribution in [1.82, 2.24) is 5.32 Å². The zero-order chi connectivity index (χ0) is 19.9. The molecule has 0 aromatic heterocycles. The Morgan fingerprint density at radius 1 is 0.852 bits per heavy atom. The number of hydrogen-bond acceptors (Lipinski definition) is 4. The summed E-state index contributed by atoms with van der Waals surface area (Å²) in [5.74, 6) is 2.46. The van der Waals surface area contributed by atoms with Gasteiger partial charge in [0.1, 0.15) is 19.0 Å². The van der Waals surface area contributed by atoms with Gasteiger partial charge in [-0.1, -0.05) is 39.0 Å². The van der Waals surface area contributed by atoms with E-state index in [2.05, 4.69) is 51.2 Å². The van der Waals surface area contributed by atoms with E-state index in [9.17, 15) is 0 Å². The number of aryl methyl sites for hydroxylation is 1. The number of hydrogen-bond donors (Lipinski definition) is 1. The van der Waals surface area contributed by atoms with Crippen LogP contribution in [-0.2, 0) is 12.0 Å². The second kappa shape index (κ2) is 9.65. The molecule has 0 aliphatic carbocycles. The zero-order valence-corrected chi connectivity index (χ0v) is 17.5. The lowest BCUT2D eigenvalue weighted by Crippen LogP contribution is -2.16. The summed E-state index contributed by atoms with van der Waals surface area (Å²) in [4.78, 5) is 0. The molecule has 0 radical (unpaired) electrons. The van der Waals surface area contributed by atoms with E-state index in [0.29, 0.717) is 19.8 Å². The van der Waals surface area contributed by atoms with Crippen LogP contribution in [0.2, 0.25) is 0 Å². The van der Waals surface area contributed by atoms with Crippen LogP contribution in [0.3, 0.4) is 0 Å². The standard InChI is InChI=1S/C23H33NO3/c1-7-25-22-15-18(16-24-6)9-11-20(22)26-12-13-27-21-14-17(2)8-10-19(21)23(3,4)5/h8-11,14-15,24H,7,12-13,16H2,1-6H3. The third kappa shape index (κ3) is 6.17. The topological polar surface area (TPSA) is 39.7 Å². The van der Waals surface area contributed by atoms with Crippen LogP contribution < -0.4 is 19.5 Å². The molecular formula is C23H33NO3. The van der Waals surface area contributed by atoms with Gasteiger partial charge in [-0.3, -0.25) is 0 Å². The first-order valence-corrected chi connectivity index (χ1v) is 9.62. The molecule has 4 nitrogen and oxygen atoms in total. The van der Waals surface area contributed by atoms with Gasteiger partial charge < -0.3 is 19.5 Å². The van der Waals surface area contributed by atoms with Crippen molar-refractivity contribution < 1.29 is 14.2 Å². The van der Waals surface area contributed by atoms with Gasteiger partial charge in [-0.2, -0.15) is 0 Å². The fourth-order valence-electron chi connectivity index (χ4n) is 2.93. The molecule has 0 saturated carbocycles. The van der Waals surface area contributed by atoms with Crippen molar-refractivity contribution in [3.63, 3.8) is 0 Å². The third-order valence-corrected chi connectivity index (χ3v) is 4.23. The maximum Gasteiger partial charge on any atom is 0.161 e. The minimum absolute atomic E-state index is 0.0369.